The molecule has 0 amide bonds. The first kappa shape index (κ1) is 6.23. The highest BCUT2D eigenvalue weighted by Gasteiger charge is 2.04. The monoisotopic (exact) mass is 142 g/mol. The second-order valence-corrected chi connectivity index (χ2v) is 2.53. The van der Waals surface area contributed by atoms with Gasteiger partial charge in [0.1, 0.15) is 11.8 Å². The zero-order valence-electron chi connectivity index (χ0n) is 6.12. The summed E-state index contributed by atoms with van der Waals surface area (Å²) in [5, 5.41) is 2.06. The van der Waals surface area contributed by atoms with Gasteiger partial charge in [0.15, 0.2) is 5.36 Å². The second kappa shape index (κ2) is 2.27. The summed E-state index contributed by atoms with van der Waals surface area (Å²) in [7, 11) is 0. The Balaban J connectivity index is 2.77. The number of rotatable bonds is 0. The normalized spacial score (nSPS) is 13.1. The molecule has 52 valence electrons. The van der Waals surface area contributed by atoms with Crippen molar-refractivity contribution in [2.24, 2.45) is 4.99 Å². The van der Waals surface area contributed by atoms with Gasteiger partial charge in [-0.3, -0.25) is 0 Å². The van der Waals surface area contributed by atoms with Gasteiger partial charge in [-0.15, -0.1) is 0 Å². The van der Waals surface area contributed by atoms with Gasteiger partial charge in [0.2, 0.25) is 0 Å². The second-order valence-electron chi connectivity index (χ2n) is 2.53. The van der Waals surface area contributed by atoms with Crippen LogP contribution < -0.4 is 10.6 Å². The fourth-order valence-corrected chi connectivity index (χ4v) is 1.13. The van der Waals surface area contributed by atoms with Crippen LogP contribution in [0.15, 0.2) is 35.5 Å². The van der Waals surface area contributed by atoms with Crippen LogP contribution >= 0.6 is 0 Å². The Kier molecular flexibility index (Phi) is 1.29. The van der Waals surface area contributed by atoms with E-state index >= 15 is 0 Å². The van der Waals surface area contributed by atoms with Crippen molar-refractivity contribution in [1.29, 1.82) is 0 Å². The van der Waals surface area contributed by atoms with Crippen LogP contribution in [0.4, 0.5) is 0 Å². The van der Waals surface area contributed by atoms with Crippen molar-refractivity contribution in [3.63, 3.8) is 0 Å². The van der Waals surface area contributed by atoms with Crippen LogP contribution in [0, 0.1) is 6.42 Å². The van der Waals surface area contributed by atoms with E-state index in [0.29, 0.717) is 0 Å². The topological polar surface area (TPSA) is 12.4 Å². The van der Waals surface area contributed by atoms with Crippen LogP contribution in [0.2, 0.25) is 0 Å². The van der Waals surface area contributed by atoms with E-state index in [2.05, 4.69) is 11.6 Å². The molecule has 1 aromatic rings. The lowest BCUT2D eigenvalue weighted by atomic mass is 10.1. The third-order valence-electron chi connectivity index (χ3n) is 1.67. The van der Waals surface area contributed by atoms with Crippen molar-refractivity contribution in [2.75, 3.05) is 0 Å². The molecule has 0 saturated carbocycles. The van der Waals surface area contributed by atoms with Crippen LogP contribution in [0.25, 0.3) is 6.58 Å². The molecule has 0 spiro atoms. The van der Waals surface area contributed by atoms with E-state index in [0.717, 1.165) is 16.1 Å². The zero-order valence-corrected chi connectivity index (χ0v) is 6.12. The molecule has 0 saturated heterocycles. The van der Waals surface area contributed by atoms with Crippen LogP contribution in [0.3, 0.4) is 0 Å². The fourth-order valence-electron chi connectivity index (χ4n) is 1.13. The quantitative estimate of drug-likeness (QED) is 0.475. The lowest BCUT2D eigenvalue weighted by Gasteiger charge is -1.91. The first-order chi connectivity index (χ1) is 5.36. The average Bonchev–Trinajstić information content (AvgIpc) is 2.04. The molecule has 1 aromatic carbocycles. The van der Waals surface area contributed by atoms with E-state index in [1.54, 1.807) is 6.20 Å². The van der Waals surface area contributed by atoms with E-state index in [-0.39, 0.29) is 0 Å². The van der Waals surface area contributed by atoms with Gasteiger partial charge in [0, 0.05) is 29.8 Å². The third-order valence-corrected chi connectivity index (χ3v) is 1.67. The summed E-state index contributed by atoms with van der Waals surface area (Å²) in [4.78, 5) is 4.19. The molecule has 1 heterocycles. The molecule has 0 bridgehead atoms. The fraction of sp³-hybridized carbons (Fsp3) is 0. The summed E-state index contributed by atoms with van der Waals surface area (Å²) in [5.41, 5.74) is 1.15. The summed E-state index contributed by atoms with van der Waals surface area (Å²) < 4.78 is 0. The minimum Gasteiger partial charge on any atom is -0.159 e. The van der Waals surface area contributed by atoms with Crippen LogP contribution in [0.5, 0.6) is 0 Å². The highest BCUT2D eigenvalue weighted by atomic mass is 14.7. The van der Waals surface area contributed by atoms with Gasteiger partial charge in [0.05, 0.1) is 0 Å². The van der Waals surface area contributed by atoms with Gasteiger partial charge in [-0.05, 0) is 6.07 Å². The van der Waals surface area contributed by atoms with Gasteiger partial charge in [-0.1, -0.05) is 6.58 Å². The molecule has 0 aliphatic carbocycles. The van der Waals surface area contributed by atoms with Crippen LogP contribution in [-0.4, -0.2) is 0 Å². The molecule has 0 atom stereocenters. The Morgan fingerprint density at radius 3 is 3.18 bits per heavy atom. The molecule has 1 aliphatic rings. The largest absolute Gasteiger partial charge is 0.161 e. The molecule has 11 heavy (non-hydrogen) atoms. The molecule has 0 fully saturated rings. The number of fused-ring (bicyclic) bond motifs is 1. The highest BCUT2D eigenvalue weighted by molar-refractivity contribution is 5.31. The highest BCUT2D eigenvalue weighted by Crippen LogP contribution is 1.98. The SMILES string of the molecule is C=c1ccc2c(c1)[CH+]C=CN=2. The average molecular weight is 142 g/mol. The molecule has 1 aliphatic heterocycles. The summed E-state index contributed by atoms with van der Waals surface area (Å²) >= 11 is 0. The van der Waals surface area contributed by atoms with Crippen molar-refractivity contribution in [3.8, 4) is 0 Å². The summed E-state index contributed by atoms with van der Waals surface area (Å²) in [6.45, 7) is 3.84. The molecule has 1 heteroatoms. The van der Waals surface area contributed by atoms with Crippen molar-refractivity contribution < 1.29 is 0 Å². The van der Waals surface area contributed by atoms with E-state index in [4.69, 9.17) is 0 Å². The maximum Gasteiger partial charge on any atom is 0.161 e. The minimum absolute atomic E-state index is 1.03. The predicted octanol–water partition coefficient (Wildman–Crippen LogP) is 0.796. The Morgan fingerprint density at radius 2 is 2.27 bits per heavy atom. The van der Waals surface area contributed by atoms with E-state index in [1.807, 2.05) is 30.7 Å². The van der Waals surface area contributed by atoms with Crippen LogP contribution in [-0.2, 0) is 0 Å². The molecular weight excluding hydrogens is 134 g/mol. The lowest BCUT2D eigenvalue weighted by Crippen LogP contribution is -2.14. The molecule has 0 unspecified atom stereocenters. The predicted molar refractivity (Wildman–Crippen MR) is 45.3 cm³/mol. The van der Waals surface area contributed by atoms with Crippen molar-refractivity contribution >= 4 is 6.58 Å². The summed E-state index contributed by atoms with van der Waals surface area (Å²) in [6, 6.07) is 5.98. The summed E-state index contributed by atoms with van der Waals surface area (Å²) in [5.74, 6) is 0. The van der Waals surface area contributed by atoms with Crippen molar-refractivity contribution in [3.05, 3.63) is 53.0 Å². The smallest absolute Gasteiger partial charge is 0.159 e. The van der Waals surface area contributed by atoms with Gasteiger partial charge >= 0.3 is 0 Å². The molecule has 0 N–H and O–H groups in total. The van der Waals surface area contributed by atoms with E-state index < -0.39 is 0 Å². The van der Waals surface area contributed by atoms with E-state index in [1.165, 1.54) is 0 Å². The number of hydrogen-bond acceptors (Lipinski definition) is 1. The van der Waals surface area contributed by atoms with Crippen molar-refractivity contribution in [1.82, 2.24) is 0 Å². The Hall–Kier alpha value is -1.50. The van der Waals surface area contributed by atoms with Crippen molar-refractivity contribution in [2.45, 2.75) is 0 Å². The lowest BCUT2D eigenvalue weighted by molar-refractivity contribution is 1.24. The van der Waals surface area contributed by atoms with Gasteiger partial charge in [0.25, 0.3) is 0 Å². The molecular formula is C10H8N+. The number of hydrogen-bond donors (Lipinski definition) is 0. The van der Waals surface area contributed by atoms with Gasteiger partial charge < -0.3 is 0 Å². The molecule has 2 rings (SSSR count). The summed E-state index contributed by atoms with van der Waals surface area (Å²) in [6.07, 6.45) is 5.77. The first-order valence-electron chi connectivity index (χ1n) is 3.53. The van der Waals surface area contributed by atoms with Crippen LogP contribution in [0.1, 0.15) is 5.56 Å². The Morgan fingerprint density at radius 1 is 1.36 bits per heavy atom. The molecule has 0 aromatic heterocycles. The standard InChI is InChI=1S/C10H8N/c1-8-4-5-10-9(7-8)3-2-6-11-10/h2-7H,1H2/q+1. The number of benzene rings is 1. The maximum atomic E-state index is 4.19. The van der Waals surface area contributed by atoms with E-state index in [9.17, 15) is 0 Å². The molecule has 0 radical (unpaired) electrons. The van der Waals surface area contributed by atoms with Gasteiger partial charge in [-0.25, -0.2) is 0 Å². The Bertz CT molecular complexity index is 401. The number of nitrogens with zero attached hydrogens (tertiary/aromatic N) is 1. The van der Waals surface area contributed by atoms with Gasteiger partial charge in [-0.2, -0.15) is 4.99 Å². The Labute approximate surface area is 65.4 Å². The minimum atomic E-state index is 1.03. The first-order valence-corrected chi connectivity index (χ1v) is 3.53. The third kappa shape index (κ3) is 1.05. The number of allylic oxidation sites excluding steroid dienone is 1. The zero-order chi connectivity index (χ0) is 7.68. The molecule has 1 nitrogen and oxygen atoms in total. The maximum absolute atomic E-state index is 4.19.